The molecule has 2 aromatic rings. The number of carboxylic acids is 1. The summed E-state index contributed by atoms with van der Waals surface area (Å²) in [5, 5.41) is 12.3. The van der Waals surface area contributed by atoms with Crippen LogP contribution in [0.2, 0.25) is 0 Å². The number of benzene rings is 1. The van der Waals surface area contributed by atoms with Crippen molar-refractivity contribution in [1.82, 2.24) is 15.0 Å². The molecule has 1 fully saturated rings. The Hall–Kier alpha value is -3.27. The van der Waals surface area contributed by atoms with Gasteiger partial charge in [0.05, 0.1) is 10.5 Å². The summed E-state index contributed by atoms with van der Waals surface area (Å²) < 4.78 is 27.8. The molecule has 2 amide bonds. The van der Waals surface area contributed by atoms with Crippen LogP contribution in [0.25, 0.3) is 0 Å². The fourth-order valence-electron chi connectivity index (χ4n) is 4.48. The molecule has 0 radical (unpaired) electrons. The van der Waals surface area contributed by atoms with Crippen LogP contribution in [0.1, 0.15) is 108 Å². The third-order valence-corrected chi connectivity index (χ3v) is 7.94. The number of unbranched alkanes of at least 4 members (excludes halogenated alkanes) is 4. The third kappa shape index (κ3) is 8.11. The van der Waals surface area contributed by atoms with Crippen molar-refractivity contribution in [3.8, 4) is 0 Å². The van der Waals surface area contributed by atoms with Crippen molar-refractivity contribution in [3.05, 3.63) is 58.9 Å². The van der Waals surface area contributed by atoms with Gasteiger partial charge in [0.25, 0.3) is 21.8 Å². The van der Waals surface area contributed by atoms with Gasteiger partial charge in [-0.3, -0.25) is 9.59 Å². The lowest BCUT2D eigenvalue weighted by molar-refractivity contribution is 0.0689. The van der Waals surface area contributed by atoms with Gasteiger partial charge in [0.2, 0.25) is 0 Å². The number of sulfonamides is 1. The van der Waals surface area contributed by atoms with E-state index in [1.54, 1.807) is 0 Å². The molecule has 0 spiro atoms. The van der Waals surface area contributed by atoms with E-state index in [-0.39, 0.29) is 28.1 Å². The van der Waals surface area contributed by atoms with Crippen molar-refractivity contribution in [2.45, 2.75) is 88.5 Å². The molecule has 1 aliphatic rings. The zero-order valence-electron chi connectivity index (χ0n) is 21.2. The molecule has 37 heavy (non-hydrogen) atoms. The number of amides is 2. The van der Waals surface area contributed by atoms with E-state index in [0.717, 1.165) is 64.0 Å². The maximum absolute atomic E-state index is 12.9. The molecule has 1 heterocycles. The second-order valence-electron chi connectivity index (χ2n) is 9.46. The fraction of sp³-hybridized carbons (Fsp3) is 0.481. The molecular weight excluding hydrogens is 494 g/mol. The molecule has 1 aromatic carbocycles. The van der Waals surface area contributed by atoms with Crippen LogP contribution in [-0.2, 0) is 16.4 Å². The van der Waals surface area contributed by atoms with E-state index in [4.69, 9.17) is 0 Å². The van der Waals surface area contributed by atoms with Crippen LogP contribution in [0.5, 0.6) is 0 Å². The Bertz CT molecular complexity index is 1210. The summed E-state index contributed by atoms with van der Waals surface area (Å²) in [4.78, 5) is 40.4. The number of hydrogen-bond acceptors (Lipinski definition) is 6. The maximum Gasteiger partial charge on any atom is 0.354 e. The van der Waals surface area contributed by atoms with Crippen molar-refractivity contribution in [1.29, 1.82) is 0 Å². The standard InChI is InChI=1S/C27H35N3O6S/c1-2-3-4-5-7-10-20-17-24(27(33)34)28-18-23(20)26(32)30-37(35,36)22-15-13-19(14-16-22)25(31)29-21-11-8-6-9-12-21/h13-18,21H,2-12H2,1H3,(H,29,31)(H,30,32)(H,33,34). The number of rotatable bonds is 12. The number of hydrogen-bond donors (Lipinski definition) is 3. The molecule has 1 aromatic heterocycles. The SMILES string of the molecule is CCCCCCCc1cc(C(=O)O)ncc1C(=O)NS(=O)(=O)c1ccc(C(=O)NC2CCCCC2)cc1. The van der Waals surface area contributed by atoms with Gasteiger partial charge in [-0.25, -0.2) is 22.9 Å². The van der Waals surface area contributed by atoms with Gasteiger partial charge in [-0.15, -0.1) is 0 Å². The molecule has 10 heteroatoms. The third-order valence-electron chi connectivity index (χ3n) is 6.60. The van der Waals surface area contributed by atoms with Crippen molar-refractivity contribution in [3.63, 3.8) is 0 Å². The van der Waals surface area contributed by atoms with Gasteiger partial charge in [-0.2, -0.15) is 0 Å². The molecule has 3 rings (SSSR count). The molecule has 0 saturated heterocycles. The predicted molar refractivity (Wildman–Crippen MR) is 139 cm³/mol. The zero-order chi connectivity index (χ0) is 26.8. The summed E-state index contributed by atoms with van der Waals surface area (Å²) in [5.41, 5.74) is 0.596. The van der Waals surface area contributed by atoms with Gasteiger partial charge >= 0.3 is 5.97 Å². The van der Waals surface area contributed by atoms with Gasteiger partial charge in [-0.05, 0) is 61.6 Å². The van der Waals surface area contributed by atoms with Crippen molar-refractivity contribution >= 4 is 27.8 Å². The topological polar surface area (TPSA) is 143 Å². The Morgan fingerprint density at radius 1 is 0.973 bits per heavy atom. The first kappa shape index (κ1) is 28.3. The van der Waals surface area contributed by atoms with Crippen molar-refractivity contribution in [2.24, 2.45) is 0 Å². The first-order valence-electron chi connectivity index (χ1n) is 12.9. The average molecular weight is 530 g/mol. The molecule has 1 aliphatic carbocycles. The van der Waals surface area contributed by atoms with Gasteiger partial charge in [0, 0.05) is 17.8 Å². The van der Waals surface area contributed by atoms with Gasteiger partial charge in [0.1, 0.15) is 5.69 Å². The summed E-state index contributed by atoms with van der Waals surface area (Å²) in [6.07, 6.45) is 11.6. The summed E-state index contributed by atoms with van der Waals surface area (Å²) >= 11 is 0. The number of aryl methyl sites for hydroxylation is 1. The van der Waals surface area contributed by atoms with Gasteiger partial charge < -0.3 is 10.4 Å². The number of carbonyl (C=O) groups excluding carboxylic acids is 2. The second-order valence-corrected chi connectivity index (χ2v) is 11.1. The summed E-state index contributed by atoms with van der Waals surface area (Å²) in [7, 11) is -4.23. The Morgan fingerprint density at radius 2 is 1.65 bits per heavy atom. The molecule has 3 N–H and O–H groups in total. The molecule has 0 aliphatic heterocycles. The molecule has 0 bridgehead atoms. The van der Waals surface area contributed by atoms with Crippen molar-refractivity contribution < 1.29 is 27.9 Å². The first-order chi connectivity index (χ1) is 17.7. The van der Waals surface area contributed by atoms with E-state index in [1.165, 1.54) is 36.8 Å². The Kier molecular flexibility index (Phi) is 10.2. The second kappa shape index (κ2) is 13.3. The van der Waals surface area contributed by atoms with Crippen LogP contribution < -0.4 is 10.0 Å². The average Bonchev–Trinajstić information content (AvgIpc) is 2.88. The lowest BCUT2D eigenvalue weighted by Gasteiger charge is -2.22. The highest BCUT2D eigenvalue weighted by molar-refractivity contribution is 7.90. The lowest BCUT2D eigenvalue weighted by atomic mass is 9.95. The fourth-order valence-corrected chi connectivity index (χ4v) is 5.45. The molecule has 0 atom stereocenters. The van der Waals surface area contributed by atoms with Crippen LogP contribution in [0.3, 0.4) is 0 Å². The number of carbonyl (C=O) groups is 3. The summed E-state index contributed by atoms with van der Waals surface area (Å²) in [5.74, 6) is -2.36. The summed E-state index contributed by atoms with van der Waals surface area (Å²) in [6.45, 7) is 2.10. The van der Waals surface area contributed by atoms with Crippen LogP contribution in [0.15, 0.2) is 41.4 Å². The number of nitrogens with zero attached hydrogens (tertiary/aromatic N) is 1. The highest BCUT2D eigenvalue weighted by Gasteiger charge is 2.23. The zero-order valence-corrected chi connectivity index (χ0v) is 22.0. The summed E-state index contributed by atoms with van der Waals surface area (Å²) in [6, 6.07) is 6.86. The molecule has 9 nitrogen and oxygen atoms in total. The lowest BCUT2D eigenvalue weighted by Crippen LogP contribution is -2.36. The predicted octanol–water partition coefficient (Wildman–Crippen LogP) is 4.47. The van der Waals surface area contributed by atoms with E-state index in [2.05, 4.69) is 17.2 Å². The van der Waals surface area contributed by atoms with Crippen LogP contribution in [0, 0.1) is 0 Å². The van der Waals surface area contributed by atoms with E-state index in [9.17, 15) is 27.9 Å². The highest BCUT2D eigenvalue weighted by atomic mass is 32.2. The van der Waals surface area contributed by atoms with Crippen LogP contribution in [-0.4, -0.2) is 42.3 Å². The molecule has 0 unspecified atom stereocenters. The minimum atomic E-state index is -4.23. The number of aromatic carboxylic acids is 1. The maximum atomic E-state index is 12.9. The van der Waals surface area contributed by atoms with Crippen LogP contribution >= 0.6 is 0 Å². The normalized spacial score (nSPS) is 14.2. The smallest absolute Gasteiger partial charge is 0.354 e. The molecular formula is C27H35N3O6S. The minimum absolute atomic E-state index is 0.0209. The quantitative estimate of drug-likeness (QED) is 0.344. The minimum Gasteiger partial charge on any atom is -0.477 e. The number of aromatic nitrogens is 1. The number of pyridine rings is 1. The van der Waals surface area contributed by atoms with Gasteiger partial charge in [-0.1, -0.05) is 51.9 Å². The Labute approximate surface area is 218 Å². The van der Waals surface area contributed by atoms with E-state index < -0.39 is 21.9 Å². The largest absolute Gasteiger partial charge is 0.477 e. The monoisotopic (exact) mass is 529 g/mol. The first-order valence-corrected chi connectivity index (χ1v) is 14.4. The Morgan fingerprint density at radius 3 is 2.30 bits per heavy atom. The van der Waals surface area contributed by atoms with E-state index in [0.29, 0.717) is 17.5 Å². The van der Waals surface area contributed by atoms with Gasteiger partial charge in [0.15, 0.2) is 0 Å². The highest BCUT2D eigenvalue weighted by Crippen LogP contribution is 2.19. The van der Waals surface area contributed by atoms with Crippen molar-refractivity contribution in [2.75, 3.05) is 0 Å². The van der Waals surface area contributed by atoms with E-state index >= 15 is 0 Å². The molecule has 200 valence electrons. The Balaban J connectivity index is 1.70. The van der Waals surface area contributed by atoms with Crippen LogP contribution in [0.4, 0.5) is 0 Å². The van der Waals surface area contributed by atoms with E-state index in [1.807, 2.05) is 4.72 Å². The number of nitrogens with one attached hydrogen (secondary N) is 2. The number of carboxylic acid groups (broad SMARTS) is 1. The molecule has 1 saturated carbocycles.